The second-order valence-electron chi connectivity index (χ2n) is 5.98. The van der Waals surface area contributed by atoms with Crippen LogP contribution in [0, 0.1) is 0 Å². The second kappa shape index (κ2) is 5.73. The van der Waals surface area contributed by atoms with E-state index in [1.54, 1.807) is 0 Å². The fourth-order valence-corrected chi connectivity index (χ4v) is 3.36. The zero-order valence-electron chi connectivity index (χ0n) is 12.2. The van der Waals surface area contributed by atoms with Gasteiger partial charge in [0.15, 0.2) is 5.65 Å². The first kappa shape index (κ1) is 13.2. The molecule has 2 aliphatic heterocycles. The van der Waals surface area contributed by atoms with E-state index in [0.717, 1.165) is 56.2 Å². The van der Waals surface area contributed by atoms with Gasteiger partial charge in [-0.05, 0) is 37.8 Å². The van der Waals surface area contributed by atoms with E-state index < -0.39 is 0 Å². The third kappa shape index (κ3) is 2.56. The highest BCUT2D eigenvalue weighted by Crippen LogP contribution is 2.28. The molecule has 2 atom stereocenters. The van der Waals surface area contributed by atoms with Crippen molar-refractivity contribution in [3.63, 3.8) is 0 Å². The SMILES string of the molecule is c1cnc2c(c1)nc(C1CCOC1)n2CC1CCCCO1. The number of fused-ring (bicyclic) bond motifs is 1. The molecular weight excluding hydrogens is 266 g/mol. The maximum absolute atomic E-state index is 5.91. The number of imidazole rings is 1. The Morgan fingerprint density at radius 2 is 2.24 bits per heavy atom. The number of hydrogen-bond acceptors (Lipinski definition) is 4. The molecule has 4 heterocycles. The molecule has 0 N–H and O–H groups in total. The summed E-state index contributed by atoms with van der Waals surface area (Å²) in [6, 6.07) is 3.99. The molecule has 0 saturated carbocycles. The average molecular weight is 287 g/mol. The normalized spacial score (nSPS) is 26.5. The molecular formula is C16H21N3O2. The molecule has 2 aromatic rings. The summed E-state index contributed by atoms with van der Waals surface area (Å²) in [7, 11) is 0. The quantitative estimate of drug-likeness (QED) is 0.870. The minimum Gasteiger partial charge on any atom is -0.381 e. The molecule has 2 aromatic heterocycles. The van der Waals surface area contributed by atoms with Gasteiger partial charge in [0.2, 0.25) is 0 Å². The lowest BCUT2D eigenvalue weighted by Gasteiger charge is -2.24. The Morgan fingerprint density at radius 3 is 3.05 bits per heavy atom. The minimum absolute atomic E-state index is 0.291. The summed E-state index contributed by atoms with van der Waals surface area (Å²) in [4.78, 5) is 9.37. The van der Waals surface area contributed by atoms with E-state index in [4.69, 9.17) is 14.5 Å². The summed E-state index contributed by atoms with van der Waals surface area (Å²) in [5, 5.41) is 0. The third-order valence-electron chi connectivity index (χ3n) is 4.49. The Labute approximate surface area is 124 Å². The lowest BCUT2D eigenvalue weighted by Crippen LogP contribution is -2.26. The number of aromatic nitrogens is 3. The Morgan fingerprint density at radius 1 is 1.24 bits per heavy atom. The number of nitrogens with zero attached hydrogens (tertiary/aromatic N) is 3. The molecule has 0 aliphatic carbocycles. The van der Waals surface area contributed by atoms with Gasteiger partial charge < -0.3 is 14.0 Å². The van der Waals surface area contributed by atoms with Crippen LogP contribution in [0.3, 0.4) is 0 Å². The minimum atomic E-state index is 0.291. The second-order valence-corrected chi connectivity index (χ2v) is 5.98. The lowest BCUT2D eigenvalue weighted by atomic mass is 10.1. The Bertz CT molecular complexity index is 613. The van der Waals surface area contributed by atoms with Crippen molar-refractivity contribution in [2.45, 2.75) is 44.2 Å². The van der Waals surface area contributed by atoms with Gasteiger partial charge in [-0.15, -0.1) is 0 Å². The van der Waals surface area contributed by atoms with Crippen LogP contribution < -0.4 is 0 Å². The number of pyridine rings is 1. The zero-order valence-corrected chi connectivity index (χ0v) is 12.2. The molecule has 0 bridgehead atoms. The molecule has 4 rings (SSSR count). The highest BCUT2D eigenvalue weighted by molar-refractivity contribution is 5.71. The van der Waals surface area contributed by atoms with Crippen LogP contribution in [0.2, 0.25) is 0 Å². The van der Waals surface area contributed by atoms with Gasteiger partial charge in [0.05, 0.1) is 19.3 Å². The van der Waals surface area contributed by atoms with Crippen LogP contribution in [0.5, 0.6) is 0 Å². The molecule has 2 saturated heterocycles. The van der Waals surface area contributed by atoms with Crippen molar-refractivity contribution in [2.24, 2.45) is 0 Å². The molecule has 0 amide bonds. The fraction of sp³-hybridized carbons (Fsp3) is 0.625. The monoisotopic (exact) mass is 287 g/mol. The number of hydrogen-bond donors (Lipinski definition) is 0. The average Bonchev–Trinajstić information content (AvgIpc) is 3.16. The molecule has 0 spiro atoms. The van der Waals surface area contributed by atoms with Crippen LogP contribution in [-0.2, 0) is 16.0 Å². The largest absolute Gasteiger partial charge is 0.381 e. The Hall–Kier alpha value is -1.46. The van der Waals surface area contributed by atoms with Crippen LogP contribution in [-0.4, -0.2) is 40.5 Å². The predicted molar refractivity (Wildman–Crippen MR) is 79.3 cm³/mol. The summed E-state index contributed by atoms with van der Waals surface area (Å²) in [6.07, 6.45) is 6.76. The molecule has 5 heteroatoms. The fourth-order valence-electron chi connectivity index (χ4n) is 3.36. The first-order valence-electron chi connectivity index (χ1n) is 7.92. The molecule has 5 nitrogen and oxygen atoms in total. The topological polar surface area (TPSA) is 49.2 Å². The van der Waals surface area contributed by atoms with Crippen molar-refractivity contribution >= 4 is 11.2 Å². The summed E-state index contributed by atoms with van der Waals surface area (Å²) < 4.78 is 13.7. The van der Waals surface area contributed by atoms with Crippen molar-refractivity contribution in [3.8, 4) is 0 Å². The van der Waals surface area contributed by atoms with Crippen molar-refractivity contribution in [1.29, 1.82) is 0 Å². The summed E-state index contributed by atoms with van der Waals surface area (Å²) >= 11 is 0. The van der Waals surface area contributed by atoms with E-state index in [-0.39, 0.29) is 0 Å². The van der Waals surface area contributed by atoms with E-state index in [9.17, 15) is 0 Å². The number of ether oxygens (including phenoxy) is 2. The van der Waals surface area contributed by atoms with Gasteiger partial charge >= 0.3 is 0 Å². The van der Waals surface area contributed by atoms with E-state index >= 15 is 0 Å². The van der Waals surface area contributed by atoms with Gasteiger partial charge in [0.25, 0.3) is 0 Å². The highest BCUT2D eigenvalue weighted by Gasteiger charge is 2.26. The van der Waals surface area contributed by atoms with E-state index in [1.165, 1.54) is 12.8 Å². The molecule has 2 unspecified atom stereocenters. The molecule has 21 heavy (non-hydrogen) atoms. The van der Waals surface area contributed by atoms with Gasteiger partial charge in [0.1, 0.15) is 11.3 Å². The first-order chi connectivity index (χ1) is 10.4. The maximum Gasteiger partial charge on any atom is 0.160 e. The van der Waals surface area contributed by atoms with Crippen LogP contribution in [0.25, 0.3) is 11.2 Å². The molecule has 0 aromatic carbocycles. The standard InChI is InChI=1S/C16H21N3O2/c1-2-8-21-13(4-1)10-19-15(12-6-9-20-11-12)18-14-5-3-7-17-16(14)19/h3,5,7,12-13H,1-2,4,6,8-11H2. The first-order valence-corrected chi connectivity index (χ1v) is 7.92. The van der Waals surface area contributed by atoms with E-state index in [0.29, 0.717) is 12.0 Å². The third-order valence-corrected chi connectivity index (χ3v) is 4.49. The lowest BCUT2D eigenvalue weighted by molar-refractivity contribution is 0.00592. The van der Waals surface area contributed by atoms with Crippen molar-refractivity contribution in [1.82, 2.24) is 14.5 Å². The van der Waals surface area contributed by atoms with Gasteiger partial charge in [-0.2, -0.15) is 0 Å². The van der Waals surface area contributed by atoms with Crippen molar-refractivity contribution < 1.29 is 9.47 Å². The maximum atomic E-state index is 5.91. The highest BCUT2D eigenvalue weighted by atomic mass is 16.5. The van der Waals surface area contributed by atoms with E-state index in [2.05, 4.69) is 9.55 Å². The predicted octanol–water partition coefficient (Wildman–Crippen LogP) is 2.50. The number of rotatable bonds is 3. The summed E-state index contributed by atoms with van der Waals surface area (Å²) in [5.41, 5.74) is 1.96. The zero-order chi connectivity index (χ0) is 14.1. The van der Waals surface area contributed by atoms with Crippen LogP contribution in [0.15, 0.2) is 18.3 Å². The summed E-state index contributed by atoms with van der Waals surface area (Å²) in [5.74, 6) is 1.51. The van der Waals surface area contributed by atoms with Gasteiger partial charge in [-0.3, -0.25) is 0 Å². The summed E-state index contributed by atoms with van der Waals surface area (Å²) in [6.45, 7) is 3.35. The van der Waals surface area contributed by atoms with Crippen molar-refractivity contribution in [2.75, 3.05) is 19.8 Å². The van der Waals surface area contributed by atoms with Gasteiger partial charge in [-0.25, -0.2) is 9.97 Å². The molecule has 2 aliphatic rings. The molecule has 2 fully saturated rings. The molecule has 0 radical (unpaired) electrons. The van der Waals surface area contributed by atoms with Crippen LogP contribution in [0.4, 0.5) is 0 Å². The Kier molecular flexibility index (Phi) is 3.61. The van der Waals surface area contributed by atoms with E-state index in [1.807, 2.05) is 18.3 Å². The van der Waals surface area contributed by atoms with Crippen LogP contribution >= 0.6 is 0 Å². The van der Waals surface area contributed by atoms with Gasteiger partial charge in [-0.1, -0.05) is 0 Å². The van der Waals surface area contributed by atoms with Gasteiger partial charge in [0, 0.05) is 25.3 Å². The smallest absolute Gasteiger partial charge is 0.160 e. The molecule has 112 valence electrons. The Balaban J connectivity index is 1.70. The van der Waals surface area contributed by atoms with Crippen molar-refractivity contribution in [3.05, 3.63) is 24.2 Å². The van der Waals surface area contributed by atoms with Crippen LogP contribution in [0.1, 0.15) is 37.4 Å².